The molecule has 0 aliphatic carbocycles. The van der Waals surface area contributed by atoms with E-state index in [1.165, 1.54) is 0 Å². The lowest BCUT2D eigenvalue weighted by atomic mass is 9.89. The van der Waals surface area contributed by atoms with Crippen molar-refractivity contribution in [2.45, 2.75) is 32.4 Å². The van der Waals surface area contributed by atoms with E-state index >= 15 is 0 Å². The number of fused-ring (bicyclic) bond motifs is 1. The zero-order valence-corrected chi connectivity index (χ0v) is 21.9. The van der Waals surface area contributed by atoms with Crippen LogP contribution in [-0.4, -0.2) is 17.9 Å². The molecule has 4 aromatic carbocycles. The molecule has 180 valence electrons. The molecular weight excluding hydrogens is 512 g/mol. The Morgan fingerprint density at radius 3 is 2.25 bits per heavy atom. The third-order valence-corrected chi connectivity index (χ3v) is 7.21. The van der Waals surface area contributed by atoms with Gasteiger partial charge in [-0.05, 0) is 74.4 Å². The molecule has 4 aromatic rings. The van der Waals surface area contributed by atoms with E-state index in [2.05, 4.69) is 22.9 Å². The monoisotopic (exact) mass is 538 g/mol. The lowest BCUT2D eigenvalue weighted by Crippen LogP contribution is -2.47. The third-order valence-electron chi connectivity index (χ3n) is 6.71. The molecule has 0 radical (unpaired) electrons. The summed E-state index contributed by atoms with van der Waals surface area (Å²) < 4.78 is 0.855. The molecule has 5 rings (SSSR count). The topological polar surface area (TPSA) is 40.6 Å². The average Bonchev–Trinajstić information content (AvgIpc) is 2.89. The molecule has 0 saturated carbocycles. The van der Waals surface area contributed by atoms with Gasteiger partial charge in [0, 0.05) is 33.0 Å². The van der Waals surface area contributed by atoms with Gasteiger partial charge in [0.05, 0.1) is 6.04 Å². The number of rotatable bonds is 4. The van der Waals surface area contributed by atoms with Crippen LogP contribution in [0.4, 0.5) is 11.4 Å². The van der Waals surface area contributed by atoms with Gasteiger partial charge < -0.3 is 9.80 Å². The van der Waals surface area contributed by atoms with Gasteiger partial charge in [-0.2, -0.15) is 0 Å². The number of carbonyl (C=O) groups is 2. The van der Waals surface area contributed by atoms with Crippen molar-refractivity contribution in [2.75, 3.05) is 9.80 Å². The molecule has 0 aromatic heterocycles. The number of hydrogen-bond acceptors (Lipinski definition) is 2. The normalized spacial score (nSPS) is 16.8. The van der Waals surface area contributed by atoms with Crippen LogP contribution >= 0.6 is 15.9 Å². The largest absolute Gasteiger partial charge is 0.305 e. The number of amides is 2. The van der Waals surface area contributed by atoms with E-state index in [9.17, 15) is 9.59 Å². The maximum Gasteiger partial charge on any atom is 0.258 e. The fraction of sp³-hybridized carbons (Fsp3) is 0.161. The molecule has 1 aliphatic rings. The summed E-state index contributed by atoms with van der Waals surface area (Å²) in [6.45, 7) is 4.07. The van der Waals surface area contributed by atoms with Gasteiger partial charge in [-0.15, -0.1) is 0 Å². The summed E-state index contributed by atoms with van der Waals surface area (Å²) in [7, 11) is 0. The van der Waals surface area contributed by atoms with E-state index in [1.54, 1.807) is 0 Å². The number of aryl methyl sites for hydroxylation is 1. The quantitative estimate of drug-likeness (QED) is 0.268. The van der Waals surface area contributed by atoms with Crippen LogP contribution in [0.25, 0.3) is 0 Å². The second-order valence-electron chi connectivity index (χ2n) is 9.22. The van der Waals surface area contributed by atoms with Crippen molar-refractivity contribution in [3.63, 3.8) is 0 Å². The van der Waals surface area contributed by atoms with Crippen molar-refractivity contribution in [1.29, 1.82) is 0 Å². The van der Waals surface area contributed by atoms with Gasteiger partial charge in [0.15, 0.2) is 0 Å². The molecule has 0 spiro atoms. The van der Waals surface area contributed by atoms with Gasteiger partial charge in [0.25, 0.3) is 11.8 Å². The number of anilines is 2. The van der Waals surface area contributed by atoms with E-state index in [1.807, 2.05) is 120 Å². The summed E-state index contributed by atoms with van der Waals surface area (Å²) in [4.78, 5) is 31.4. The van der Waals surface area contributed by atoms with Crippen molar-refractivity contribution in [1.82, 2.24) is 0 Å². The Labute approximate surface area is 220 Å². The molecular formula is C31H27BrN2O2. The Kier molecular flexibility index (Phi) is 6.75. The van der Waals surface area contributed by atoms with Crippen LogP contribution < -0.4 is 9.80 Å². The number of nitrogens with zero attached hydrogens (tertiary/aromatic N) is 2. The van der Waals surface area contributed by atoms with Crippen LogP contribution in [0.3, 0.4) is 0 Å². The standard InChI is InChI=1S/C31H27BrN2O2/c1-21-15-17-23(18-16-21)30(35)33-22(2)19-29(27-13-6-7-14-28(27)33)34(26-11-4-3-5-12-26)31(36)24-9-8-10-25(32)20-24/h3-18,20,22,29H,19H2,1-2H3/t22-,29-/m1/s1. The van der Waals surface area contributed by atoms with Gasteiger partial charge in [-0.1, -0.05) is 76.1 Å². The molecule has 5 heteroatoms. The fourth-order valence-corrected chi connectivity index (χ4v) is 5.36. The highest BCUT2D eigenvalue weighted by Crippen LogP contribution is 2.43. The first-order valence-corrected chi connectivity index (χ1v) is 12.9. The van der Waals surface area contributed by atoms with E-state index < -0.39 is 0 Å². The second-order valence-corrected chi connectivity index (χ2v) is 10.1. The van der Waals surface area contributed by atoms with Crippen LogP contribution in [0.15, 0.2) is 108 Å². The van der Waals surface area contributed by atoms with Crippen LogP contribution in [0.2, 0.25) is 0 Å². The molecule has 36 heavy (non-hydrogen) atoms. The average molecular weight is 539 g/mol. The van der Waals surface area contributed by atoms with Crippen LogP contribution in [-0.2, 0) is 0 Å². The molecule has 0 unspecified atom stereocenters. The van der Waals surface area contributed by atoms with Crippen molar-refractivity contribution < 1.29 is 9.59 Å². The highest BCUT2D eigenvalue weighted by atomic mass is 79.9. The summed E-state index contributed by atoms with van der Waals surface area (Å²) in [5, 5.41) is 0. The Hall–Kier alpha value is -3.70. The Morgan fingerprint density at radius 2 is 1.53 bits per heavy atom. The first kappa shape index (κ1) is 24.0. The molecule has 1 heterocycles. The van der Waals surface area contributed by atoms with Gasteiger partial charge >= 0.3 is 0 Å². The Bertz CT molecular complexity index is 1400. The minimum Gasteiger partial charge on any atom is -0.305 e. The molecule has 0 fully saturated rings. The number of hydrogen-bond donors (Lipinski definition) is 0. The minimum absolute atomic E-state index is 0.0297. The molecule has 0 saturated heterocycles. The molecule has 2 atom stereocenters. The van der Waals surface area contributed by atoms with Crippen LogP contribution in [0.1, 0.15) is 51.2 Å². The van der Waals surface area contributed by atoms with Crippen molar-refractivity contribution >= 4 is 39.1 Å². The second kappa shape index (κ2) is 10.1. The SMILES string of the molecule is Cc1ccc(C(=O)N2c3ccccc3[C@H](N(C(=O)c3cccc(Br)c3)c3ccccc3)C[C@H]2C)cc1. The molecule has 0 N–H and O–H groups in total. The molecule has 2 amide bonds. The van der Waals surface area contributed by atoms with Crippen molar-refractivity contribution in [3.8, 4) is 0 Å². The molecule has 0 bridgehead atoms. The zero-order valence-electron chi connectivity index (χ0n) is 20.3. The highest BCUT2D eigenvalue weighted by molar-refractivity contribution is 9.10. The number of para-hydroxylation sites is 2. The lowest BCUT2D eigenvalue weighted by molar-refractivity contribution is 0.0965. The van der Waals surface area contributed by atoms with Crippen molar-refractivity contribution in [3.05, 3.63) is 130 Å². The van der Waals surface area contributed by atoms with E-state index in [-0.39, 0.29) is 23.9 Å². The van der Waals surface area contributed by atoms with Gasteiger partial charge in [-0.25, -0.2) is 0 Å². The number of benzene rings is 4. The number of halogens is 1. The first-order valence-electron chi connectivity index (χ1n) is 12.1. The minimum atomic E-state index is -0.229. The fourth-order valence-electron chi connectivity index (χ4n) is 4.96. The third kappa shape index (κ3) is 4.59. The van der Waals surface area contributed by atoms with Gasteiger partial charge in [0.2, 0.25) is 0 Å². The summed E-state index contributed by atoms with van der Waals surface area (Å²) >= 11 is 3.50. The smallest absolute Gasteiger partial charge is 0.258 e. The maximum absolute atomic E-state index is 14.0. The maximum atomic E-state index is 14.0. The highest BCUT2D eigenvalue weighted by Gasteiger charge is 2.39. The van der Waals surface area contributed by atoms with Crippen LogP contribution in [0.5, 0.6) is 0 Å². The Morgan fingerprint density at radius 1 is 0.833 bits per heavy atom. The summed E-state index contributed by atoms with van der Waals surface area (Å²) in [5.41, 5.74) is 5.01. The Balaban J connectivity index is 1.60. The van der Waals surface area contributed by atoms with E-state index in [0.29, 0.717) is 17.5 Å². The van der Waals surface area contributed by atoms with Crippen molar-refractivity contribution in [2.24, 2.45) is 0 Å². The van der Waals surface area contributed by atoms with E-state index in [0.717, 1.165) is 27.0 Å². The lowest BCUT2D eigenvalue weighted by Gasteiger charge is -2.43. The summed E-state index contributed by atoms with van der Waals surface area (Å²) in [6.07, 6.45) is 0.614. The first-order chi connectivity index (χ1) is 17.4. The van der Waals surface area contributed by atoms with Gasteiger partial charge in [-0.3, -0.25) is 9.59 Å². The predicted octanol–water partition coefficient (Wildman–Crippen LogP) is 7.58. The van der Waals surface area contributed by atoms with E-state index in [4.69, 9.17) is 0 Å². The number of carbonyl (C=O) groups excluding carboxylic acids is 2. The molecule has 4 nitrogen and oxygen atoms in total. The summed E-state index contributed by atoms with van der Waals surface area (Å²) in [6, 6.07) is 32.5. The van der Waals surface area contributed by atoms with Gasteiger partial charge in [0.1, 0.15) is 0 Å². The zero-order chi connectivity index (χ0) is 25.2. The molecule has 1 aliphatic heterocycles. The van der Waals surface area contributed by atoms with Crippen LogP contribution in [0, 0.1) is 6.92 Å². The predicted molar refractivity (Wildman–Crippen MR) is 149 cm³/mol. The summed E-state index contributed by atoms with van der Waals surface area (Å²) in [5.74, 6) is -0.106.